The lowest BCUT2D eigenvalue weighted by Gasteiger charge is -2.37. The van der Waals surface area contributed by atoms with Gasteiger partial charge in [0.05, 0.1) is 24.9 Å². The normalized spacial score (nSPS) is 17.9. The molecule has 9 nitrogen and oxygen atoms in total. The zero-order valence-electron chi connectivity index (χ0n) is 28.6. The molecule has 0 unspecified atom stereocenters. The van der Waals surface area contributed by atoms with E-state index in [0.717, 1.165) is 46.9 Å². The summed E-state index contributed by atoms with van der Waals surface area (Å²) in [5.74, 6) is -0.191. The molecule has 3 heterocycles. The maximum atomic E-state index is 15.5. The van der Waals surface area contributed by atoms with Crippen LogP contribution in [-0.4, -0.2) is 69.1 Å². The molecule has 52 heavy (non-hydrogen) atoms. The molecule has 6 aromatic rings. The molecule has 2 aromatic heterocycles. The first-order chi connectivity index (χ1) is 25.5. The average molecular weight is 716 g/mol. The van der Waals surface area contributed by atoms with E-state index in [1.54, 1.807) is 4.90 Å². The van der Waals surface area contributed by atoms with Gasteiger partial charge in [-0.3, -0.25) is 0 Å². The van der Waals surface area contributed by atoms with Crippen molar-refractivity contribution in [3.05, 3.63) is 143 Å². The Morgan fingerprint density at radius 1 is 0.846 bits per heavy atom. The van der Waals surface area contributed by atoms with E-state index >= 15 is 4.39 Å². The summed E-state index contributed by atoms with van der Waals surface area (Å²) >= 11 is 6.65. The van der Waals surface area contributed by atoms with Crippen LogP contribution in [0.3, 0.4) is 0 Å². The predicted molar refractivity (Wildman–Crippen MR) is 201 cm³/mol. The van der Waals surface area contributed by atoms with Crippen LogP contribution < -0.4 is 10.6 Å². The first kappa shape index (κ1) is 33.8. The van der Waals surface area contributed by atoms with Crippen molar-refractivity contribution < 1.29 is 13.9 Å². The lowest BCUT2D eigenvalue weighted by Crippen LogP contribution is -2.51. The van der Waals surface area contributed by atoms with Gasteiger partial charge in [-0.05, 0) is 60.6 Å². The maximum absolute atomic E-state index is 15.5. The highest BCUT2D eigenvalue weighted by Gasteiger charge is 2.41. The number of aromatic nitrogens is 4. The summed E-state index contributed by atoms with van der Waals surface area (Å²) in [5.41, 5.74) is 3.41. The minimum Gasteiger partial charge on any atom is -0.378 e. The molecule has 0 bridgehead atoms. The van der Waals surface area contributed by atoms with E-state index < -0.39 is 11.4 Å². The molecule has 0 radical (unpaired) electrons. The average Bonchev–Trinajstić information content (AvgIpc) is 3.56. The number of hydrogen-bond acceptors (Lipinski definition) is 6. The molecule has 2 N–H and O–H groups in total. The predicted octanol–water partition coefficient (Wildman–Crippen LogP) is 7.89. The van der Waals surface area contributed by atoms with Crippen molar-refractivity contribution in [1.82, 2.24) is 30.0 Å². The van der Waals surface area contributed by atoms with Crippen molar-refractivity contribution in [2.75, 3.05) is 31.6 Å². The topological polar surface area (TPSA) is 97.2 Å². The Balaban J connectivity index is 1.20. The fourth-order valence-electron chi connectivity index (χ4n) is 7.68. The second kappa shape index (κ2) is 14.7. The highest BCUT2D eigenvalue weighted by atomic mass is 35.5. The van der Waals surface area contributed by atoms with Gasteiger partial charge >= 0.3 is 6.03 Å². The van der Waals surface area contributed by atoms with Gasteiger partial charge in [0.1, 0.15) is 11.2 Å². The molecule has 1 saturated carbocycles. The zero-order valence-corrected chi connectivity index (χ0v) is 29.3. The number of nitrogens with zero attached hydrogens (tertiary/aromatic N) is 5. The number of morpholine rings is 1. The van der Waals surface area contributed by atoms with Crippen LogP contribution in [0.25, 0.3) is 22.4 Å². The fraction of sp³-hybridized carbons (Fsp3) is 0.268. The second-order valence-electron chi connectivity index (χ2n) is 13.4. The maximum Gasteiger partial charge on any atom is 0.317 e. The number of nitrogens with one attached hydrogen (secondary N) is 2. The standard InChI is InChI=1S/C41H39ClFN7O2/c42-31-19-20-36-34(25-31)37(48-50(36)41(28-11-4-1-5-12-28,29-13-6-2-7-14-29)30-15-8-3-9-16-30)39-44-27-35(43)38(47-39)45-32-17-10-18-33(26-32)46-40(51)49-21-23-52-24-22-49/h1-9,11-16,19-20,25,27,32-33H,10,17-18,21-24,26H2,(H,46,51)(H,44,45,47)/t32-,33+/m0/s1. The van der Waals surface area contributed by atoms with Gasteiger partial charge in [-0.15, -0.1) is 0 Å². The minimum atomic E-state index is -0.905. The number of fused-ring (bicyclic) bond motifs is 1. The lowest BCUT2D eigenvalue weighted by atomic mass is 9.77. The van der Waals surface area contributed by atoms with Crippen molar-refractivity contribution in [3.63, 3.8) is 0 Å². The summed E-state index contributed by atoms with van der Waals surface area (Å²) in [4.78, 5) is 23.9. The Kier molecular flexibility index (Phi) is 9.58. The van der Waals surface area contributed by atoms with Gasteiger partial charge in [0.25, 0.3) is 0 Å². The summed E-state index contributed by atoms with van der Waals surface area (Å²) < 4.78 is 22.9. The molecule has 0 spiro atoms. The van der Waals surface area contributed by atoms with Crippen LogP contribution in [0.15, 0.2) is 115 Å². The molecule has 1 saturated heterocycles. The fourth-order valence-corrected chi connectivity index (χ4v) is 7.85. The summed E-state index contributed by atoms with van der Waals surface area (Å²) in [5, 5.41) is 13.1. The Labute approximate surface area is 306 Å². The highest BCUT2D eigenvalue weighted by molar-refractivity contribution is 6.31. The van der Waals surface area contributed by atoms with Crippen molar-refractivity contribution in [2.45, 2.75) is 43.3 Å². The van der Waals surface area contributed by atoms with Gasteiger partial charge in [0, 0.05) is 35.6 Å². The molecule has 2 fully saturated rings. The lowest BCUT2D eigenvalue weighted by molar-refractivity contribution is 0.0521. The molecule has 8 rings (SSSR count). The molecule has 1 aliphatic heterocycles. The number of urea groups is 1. The third-order valence-electron chi connectivity index (χ3n) is 10.1. The molecule has 2 aliphatic rings. The Morgan fingerprint density at radius 2 is 1.46 bits per heavy atom. The number of ether oxygens (including phenoxy) is 1. The van der Waals surface area contributed by atoms with Crippen LogP contribution in [0.4, 0.5) is 15.0 Å². The molecule has 264 valence electrons. The SMILES string of the molecule is O=C(N[C@@H]1CCC[C@H](Nc2nc(-c3nn(C(c4ccccc4)(c4ccccc4)c4ccccc4)c4ccc(Cl)cc34)ncc2F)C1)N1CCOCC1. The van der Waals surface area contributed by atoms with Crippen molar-refractivity contribution in [3.8, 4) is 11.5 Å². The van der Waals surface area contributed by atoms with Crippen LogP contribution in [0.2, 0.25) is 5.02 Å². The highest BCUT2D eigenvalue weighted by Crippen LogP contribution is 2.44. The van der Waals surface area contributed by atoms with Gasteiger partial charge < -0.3 is 20.3 Å². The number of benzene rings is 4. The third-order valence-corrected chi connectivity index (χ3v) is 10.4. The summed E-state index contributed by atoms with van der Waals surface area (Å²) in [6.45, 7) is 2.24. The molecule has 2 atom stereocenters. The van der Waals surface area contributed by atoms with E-state index in [0.29, 0.717) is 43.4 Å². The number of hydrogen-bond donors (Lipinski definition) is 2. The number of amides is 2. The first-order valence-corrected chi connectivity index (χ1v) is 18.2. The number of carbonyl (C=O) groups is 1. The molecular weight excluding hydrogens is 677 g/mol. The van der Waals surface area contributed by atoms with E-state index in [1.807, 2.05) is 77.5 Å². The largest absolute Gasteiger partial charge is 0.378 e. The van der Waals surface area contributed by atoms with E-state index in [-0.39, 0.29) is 29.8 Å². The summed E-state index contributed by atoms with van der Waals surface area (Å²) in [6.07, 6.45) is 4.42. The number of rotatable bonds is 8. The summed E-state index contributed by atoms with van der Waals surface area (Å²) in [6, 6.07) is 36.4. The monoisotopic (exact) mass is 715 g/mol. The number of carbonyl (C=O) groups excluding carboxylic acids is 1. The van der Waals surface area contributed by atoms with Gasteiger partial charge in [-0.25, -0.2) is 23.8 Å². The van der Waals surface area contributed by atoms with Crippen molar-refractivity contribution in [2.24, 2.45) is 0 Å². The van der Waals surface area contributed by atoms with Gasteiger partial charge in [0.15, 0.2) is 17.5 Å². The second-order valence-corrected chi connectivity index (χ2v) is 13.8. The quantitative estimate of drug-likeness (QED) is 0.156. The molecule has 1 aliphatic carbocycles. The van der Waals surface area contributed by atoms with Crippen LogP contribution >= 0.6 is 11.6 Å². The zero-order chi connectivity index (χ0) is 35.5. The van der Waals surface area contributed by atoms with Crippen LogP contribution in [0.1, 0.15) is 42.4 Å². The Hall–Kier alpha value is -5.32. The minimum absolute atomic E-state index is 0.0326. The number of halogens is 2. The van der Waals surface area contributed by atoms with Crippen LogP contribution in [0.5, 0.6) is 0 Å². The Morgan fingerprint density at radius 3 is 2.10 bits per heavy atom. The van der Waals surface area contributed by atoms with Crippen LogP contribution in [0, 0.1) is 5.82 Å². The van der Waals surface area contributed by atoms with Crippen molar-refractivity contribution in [1.29, 1.82) is 0 Å². The molecule has 11 heteroatoms. The van der Waals surface area contributed by atoms with E-state index in [1.165, 1.54) is 6.20 Å². The van der Waals surface area contributed by atoms with Gasteiger partial charge in [-0.1, -0.05) is 103 Å². The molecular formula is C41H39ClFN7O2. The van der Waals surface area contributed by atoms with E-state index in [4.69, 9.17) is 26.4 Å². The van der Waals surface area contributed by atoms with Gasteiger partial charge in [-0.2, -0.15) is 5.10 Å². The molecule has 2 amide bonds. The first-order valence-electron chi connectivity index (χ1n) is 17.8. The molecule has 4 aromatic carbocycles. The van der Waals surface area contributed by atoms with E-state index in [9.17, 15) is 4.79 Å². The third kappa shape index (κ3) is 6.48. The van der Waals surface area contributed by atoms with E-state index in [2.05, 4.69) is 52.0 Å². The van der Waals surface area contributed by atoms with Gasteiger partial charge in [0.2, 0.25) is 0 Å². The smallest absolute Gasteiger partial charge is 0.317 e. The van der Waals surface area contributed by atoms with Crippen molar-refractivity contribution >= 4 is 34.4 Å². The van der Waals surface area contributed by atoms with Crippen LogP contribution in [-0.2, 0) is 10.3 Å². The Bertz CT molecular complexity index is 2060. The number of anilines is 1. The summed E-state index contributed by atoms with van der Waals surface area (Å²) in [7, 11) is 0.